The summed E-state index contributed by atoms with van der Waals surface area (Å²) in [4.78, 5) is 23.6. The number of carbonyl (C=O) groups is 2. The van der Waals surface area contributed by atoms with Crippen LogP contribution in [0.4, 0.5) is 4.79 Å². The highest BCUT2D eigenvalue weighted by molar-refractivity contribution is 5.79. The van der Waals surface area contributed by atoms with E-state index in [-0.39, 0.29) is 18.4 Å². The van der Waals surface area contributed by atoms with E-state index in [9.17, 15) is 9.59 Å². The quantitative estimate of drug-likeness (QED) is 0.717. The van der Waals surface area contributed by atoms with Crippen molar-refractivity contribution in [3.05, 3.63) is 53.9 Å². The number of aromatic nitrogens is 2. The van der Waals surface area contributed by atoms with Gasteiger partial charge in [0.05, 0.1) is 19.0 Å². The van der Waals surface area contributed by atoms with Gasteiger partial charge < -0.3 is 16.4 Å². The van der Waals surface area contributed by atoms with E-state index in [4.69, 9.17) is 5.73 Å². The van der Waals surface area contributed by atoms with Gasteiger partial charge in [0.15, 0.2) is 0 Å². The molecule has 0 saturated heterocycles. The maximum absolute atomic E-state index is 12.3. The SMILES string of the molecule is Cc1ccccc1C(CC(=O)NC(C)Cn1cccn1)NC(N)=O. The lowest BCUT2D eigenvalue weighted by Gasteiger charge is -2.21. The van der Waals surface area contributed by atoms with Gasteiger partial charge in [-0.15, -0.1) is 0 Å². The van der Waals surface area contributed by atoms with E-state index in [1.54, 1.807) is 10.9 Å². The molecule has 2 unspecified atom stereocenters. The summed E-state index contributed by atoms with van der Waals surface area (Å²) < 4.78 is 1.76. The van der Waals surface area contributed by atoms with Gasteiger partial charge in [-0.05, 0) is 31.0 Å². The van der Waals surface area contributed by atoms with Crippen LogP contribution in [-0.4, -0.2) is 27.8 Å². The molecule has 0 bridgehead atoms. The number of nitrogens with zero attached hydrogens (tertiary/aromatic N) is 2. The zero-order valence-corrected chi connectivity index (χ0v) is 13.9. The Kier molecular flexibility index (Phi) is 5.95. The van der Waals surface area contributed by atoms with Crippen LogP contribution in [0.25, 0.3) is 0 Å². The summed E-state index contributed by atoms with van der Waals surface area (Å²) in [5, 5.41) is 9.68. The molecule has 0 aliphatic rings. The number of nitrogens with one attached hydrogen (secondary N) is 2. The number of hydrogen-bond acceptors (Lipinski definition) is 3. The van der Waals surface area contributed by atoms with Crippen molar-refractivity contribution in [2.24, 2.45) is 5.73 Å². The van der Waals surface area contributed by atoms with Gasteiger partial charge in [0, 0.05) is 18.4 Å². The van der Waals surface area contributed by atoms with Crippen LogP contribution in [0.15, 0.2) is 42.7 Å². The van der Waals surface area contributed by atoms with Crippen LogP contribution in [0, 0.1) is 6.92 Å². The Balaban J connectivity index is 1.99. The van der Waals surface area contributed by atoms with Gasteiger partial charge in [-0.2, -0.15) is 5.10 Å². The molecule has 7 nitrogen and oxygen atoms in total. The molecule has 0 aliphatic carbocycles. The zero-order valence-electron chi connectivity index (χ0n) is 13.9. The van der Waals surface area contributed by atoms with E-state index in [1.807, 2.05) is 50.4 Å². The first-order valence-electron chi connectivity index (χ1n) is 7.84. The molecule has 2 atom stereocenters. The summed E-state index contributed by atoms with van der Waals surface area (Å²) >= 11 is 0. The number of nitrogens with two attached hydrogens (primary N) is 1. The lowest BCUT2D eigenvalue weighted by molar-refractivity contribution is -0.122. The van der Waals surface area contributed by atoms with Crippen molar-refractivity contribution >= 4 is 11.9 Å². The number of benzene rings is 1. The molecule has 0 spiro atoms. The summed E-state index contributed by atoms with van der Waals surface area (Å²) in [5.74, 6) is -0.156. The normalized spacial score (nSPS) is 13.1. The number of hydrogen-bond donors (Lipinski definition) is 3. The van der Waals surface area contributed by atoms with Gasteiger partial charge in [-0.3, -0.25) is 9.48 Å². The van der Waals surface area contributed by atoms with Crippen molar-refractivity contribution in [3.63, 3.8) is 0 Å². The zero-order chi connectivity index (χ0) is 17.5. The van der Waals surface area contributed by atoms with Crippen molar-refractivity contribution in [2.45, 2.75) is 38.9 Å². The molecule has 1 aromatic heterocycles. The maximum atomic E-state index is 12.3. The van der Waals surface area contributed by atoms with Gasteiger partial charge in [0.1, 0.15) is 0 Å². The Labute approximate surface area is 141 Å². The molecule has 128 valence electrons. The average Bonchev–Trinajstić information content (AvgIpc) is 2.99. The lowest BCUT2D eigenvalue weighted by Crippen LogP contribution is -2.40. The largest absolute Gasteiger partial charge is 0.352 e. The third kappa shape index (κ3) is 5.12. The minimum absolute atomic E-state index is 0.0801. The van der Waals surface area contributed by atoms with Crippen LogP contribution < -0.4 is 16.4 Å². The molecule has 1 heterocycles. The molecule has 2 aromatic rings. The van der Waals surface area contributed by atoms with E-state index in [1.165, 1.54) is 0 Å². The Morgan fingerprint density at radius 1 is 1.25 bits per heavy atom. The van der Waals surface area contributed by atoms with Crippen LogP contribution >= 0.6 is 0 Å². The van der Waals surface area contributed by atoms with Gasteiger partial charge in [-0.1, -0.05) is 24.3 Å². The van der Waals surface area contributed by atoms with E-state index < -0.39 is 12.1 Å². The van der Waals surface area contributed by atoms with E-state index in [0.717, 1.165) is 11.1 Å². The van der Waals surface area contributed by atoms with Crippen LogP contribution in [0.2, 0.25) is 0 Å². The highest BCUT2D eigenvalue weighted by Gasteiger charge is 2.20. The Morgan fingerprint density at radius 3 is 2.62 bits per heavy atom. The molecule has 4 N–H and O–H groups in total. The molecule has 1 aromatic carbocycles. The second-order valence-corrected chi connectivity index (χ2v) is 5.82. The standard InChI is InChI=1S/C17H23N5O2/c1-12-6-3-4-7-14(12)15(21-17(18)24)10-16(23)20-13(2)11-22-9-5-8-19-22/h3-9,13,15H,10-11H2,1-2H3,(H,20,23)(H3,18,21,24). The van der Waals surface area contributed by atoms with Crippen LogP contribution in [-0.2, 0) is 11.3 Å². The van der Waals surface area contributed by atoms with E-state index >= 15 is 0 Å². The summed E-state index contributed by atoms with van der Waals surface area (Å²) in [6, 6.07) is 8.24. The second-order valence-electron chi connectivity index (χ2n) is 5.82. The number of urea groups is 1. The fourth-order valence-electron chi connectivity index (χ4n) is 2.64. The summed E-state index contributed by atoms with van der Waals surface area (Å²) in [5.41, 5.74) is 7.13. The van der Waals surface area contributed by atoms with Gasteiger partial charge >= 0.3 is 6.03 Å². The minimum atomic E-state index is -0.652. The minimum Gasteiger partial charge on any atom is -0.352 e. The van der Waals surface area contributed by atoms with Crippen molar-refractivity contribution in [1.29, 1.82) is 0 Å². The lowest BCUT2D eigenvalue weighted by atomic mass is 9.98. The van der Waals surface area contributed by atoms with Gasteiger partial charge in [-0.25, -0.2) is 4.79 Å². The fraction of sp³-hybridized carbons (Fsp3) is 0.353. The third-order valence-electron chi connectivity index (χ3n) is 3.70. The molecular weight excluding hydrogens is 306 g/mol. The number of amides is 3. The van der Waals surface area contributed by atoms with Gasteiger partial charge in [0.25, 0.3) is 0 Å². The number of aryl methyl sites for hydroxylation is 1. The van der Waals surface area contributed by atoms with Crippen molar-refractivity contribution < 1.29 is 9.59 Å². The molecule has 0 saturated carbocycles. The number of carbonyl (C=O) groups excluding carboxylic acids is 2. The van der Waals surface area contributed by atoms with Crippen LogP contribution in [0.5, 0.6) is 0 Å². The fourth-order valence-corrected chi connectivity index (χ4v) is 2.64. The Hall–Kier alpha value is -2.83. The Morgan fingerprint density at radius 2 is 2.00 bits per heavy atom. The summed E-state index contributed by atoms with van der Waals surface area (Å²) in [6.45, 7) is 4.42. The molecular formula is C17H23N5O2. The third-order valence-corrected chi connectivity index (χ3v) is 3.70. The number of primary amides is 1. The Bertz CT molecular complexity index is 684. The van der Waals surface area contributed by atoms with Crippen LogP contribution in [0.1, 0.15) is 30.5 Å². The smallest absolute Gasteiger partial charge is 0.312 e. The second kappa shape index (κ2) is 8.14. The first-order valence-corrected chi connectivity index (χ1v) is 7.84. The highest BCUT2D eigenvalue weighted by Crippen LogP contribution is 2.20. The topological polar surface area (TPSA) is 102 Å². The summed E-state index contributed by atoms with van der Waals surface area (Å²) in [7, 11) is 0. The predicted octanol–water partition coefficient (Wildman–Crippen LogP) is 1.50. The molecule has 0 aliphatic heterocycles. The molecule has 3 amide bonds. The predicted molar refractivity (Wildman–Crippen MR) is 91.1 cm³/mol. The van der Waals surface area contributed by atoms with E-state index in [2.05, 4.69) is 15.7 Å². The average molecular weight is 329 g/mol. The first kappa shape index (κ1) is 17.5. The van der Waals surface area contributed by atoms with Crippen molar-refractivity contribution in [2.75, 3.05) is 0 Å². The number of rotatable bonds is 7. The maximum Gasteiger partial charge on any atom is 0.312 e. The van der Waals surface area contributed by atoms with Gasteiger partial charge in [0.2, 0.25) is 5.91 Å². The first-order chi connectivity index (χ1) is 11.5. The molecule has 0 radical (unpaired) electrons. The highest BCUT2D eigenvalue weighted by atomic mass is 16.2. The molecule has 24 heavy (non-hydrogen) atoms. The molecule has 0 fully saturated rings. The van der Waals surface area contributed by atoms with Crippen molar-refractivity contribution in [1.82, 2.24) is 20.4 Å². The van der Waals surface area contributed by atoms with Crippen LogP contribution in [0.3, 0.4) is 0 Å². The monoisotopic (exact) mass is 329 g/mol. The van der Waals surface area contributed by atoms with Crippen molar-refractivity contribution in [3.8, 4) is 0 Å². The summed E-state index contributed by atoms with van der Waals surface area (Å²) in [6.07, 6.45) is 3.66. The molecule has 2 rings (SSSR count). The molecule has 7 heteroatoms. The van der Waals surface area contributed by atoms with E-state index in [0.29, 0.717) is 6.54 Å².